The van der Waals surface area contributed by atoms with E-state index in [4.69, 9.17) is 0 Å². The van der Waals surface area contributed by atoms with Crippen molar-refractivity contribution in [1.82, 2.24) is 5.32 Å². The highest BCUT2D eigenvalue weighted by molar-refractivity contribution is 9.10. The van der Waals surface area contributed by atoms with Crippen molar-refractivity contribution < 1.29 is 9.18 Å². The first-order chi connectivity index (χ1) is 10.5. The van der Waals surface area contributed by atoms with Crippen LogP contribution in [0.25, 0.3) is 0 Å². The van der Waals surface area contributed by atoms with Gasteiger partial charge in [0.25, 0.3) is 0 Å². The maximum atomic E-state index is 13.6. The van der Waals surface area contributed by atoms with Gasteiger partial charge in [0.15, 0.2) is 0 Å². The van der Waals surface area contributed by atoms with Gasteiger partial charge in [-0.1, -0.05) is 41.9 Å². The summed E-state index contributed by atoms with van der Waals surface area (Å²) in [7, 11) is 0. The summed E-state index contributed by atoms with van der Waals surface area (Å²) in [5.41, 5.74) is 2.35. The Morgan fingerprint density at radius 1 is 1.18 bits per heavy atom. The van der Waals surface area contributed by atoms with Gasteiger partial charge < -0.3 is 10.6 Å². The number of hydrogen-bond acceptors (Lipinski definition) is 1. The summed E-state index contributed by atoms with van der Waals surface area (Å²) < 4.78 is 14.3. The average Bonchev–Trinajstić information content (AvgIpc) is 2.49. The van der Waals surface area contributed by atoms with Gasteiger partial charge in [0.05, 0.1) is 0 Å². The van der Waals surface area contributed by atoms with Gasteiger partial charge in [-0.05, 0) is 41.8 Å². The fourth-order valence-electron chi connectivity index (χ4n) is 1.98. The highest BCUT2D eigenvalue weighted by atomic mass is 79.9. The lowest BCUT2D eigenvalue weighted by Crippen LogP contribution is -2.28. The summed E-state index contributed by atoms with van der Waals surface area (Å²) in [4.78, 5) is 11.8. The van der Waals surface area contributed by atoms with Crippen molar-refractivity contribution in [2.45, 2.75) is 26.3 Å². The molecular weight excluding hydrogens is 347 g/mol. The third-order valence-corrected chi connectivity index (χ3v) is 3.78. The van der Waals surface area contributed by atoms with Gasteiger partial charge in [0.2, 0.25) is 0 Å². The molecule has 2 amide bonds. The normalized spacial score (nSPS) is 10.6. The van der Waals surface area contributed by atoms with Crippen molar-refractivity contribution in [3.63, 3.8) is 0 Å². The fourth-order valence-corrected chi connectivity index (χ4v) is 2.39. The van der Waals surface area contributed by atoms with Crippen molar-refractivity contribution in [2.75, 3.05) is 5.32 Å². The van der Waals surface area contributed by atoms with Crippen LogP contribution in [-0.2, 0) is 6.54 Å². The molecular formula is C17H18BrFN2O. The number of rotatable bonds is 4. The van der Waals surface area contributed by atoms with E-state index in [0.717, 1.165) is 4.47 Å². The molecule has 0 atom stereocenters. The lowest BCUT2D eigenvalue weighted by Gasteiger charge is -2.10. The average molecular weight is 365 g/mol. The Morgan fingerprint density at radius 2 is 1.86 bits per heavy atom. The molecule has 3 nitrogen and oxygen atoms in total. The van der Waals surface area contributed by atoms with Crippen molar-refractivity contribution in [3.8, 4) is 0 Å². The van der Waals surface area contributed by atoms with E-state index < -0.39 is 0 Å². The SMILES string of the molecule is CC(C)c1ccc(NC(=O)NCc2cc(Br)ccc2F)cc1. The Bertz CT molecular complexity index is 656. The number of carbonyl (C=O) groups excluding carboxylic acids is 1. The Hall–Kier alpha value is -1.88. The number of halogens is 2. The first kappa shape index (κ1) is 16.5. The predicted molar refractivity (Wildman–Crippen MR) is 90.5 cm³/mol. The van der Waals surface area contributed by atoms with Crippen LogP contribution < -0.4 is 10.6 Å². The van der Waals surface area contributed by atoms with Gasteiger partial charge in [0, 0.05) is 22.3 Å². The molecule has 2 aromatic carbocycles. The monoisotopic (exact) mass is 364 g/mol. The zero-order valence-electron chi connectivity index (χ0n) is 12.5. The van der Waals surface area contributed by atoms with Gasteiger partial charge in [-0.2, -0.15) is 0 Å². The fraction of sp³-hybridized carbons (Fsp3) is 0.235. The second-order valence-electron chi connectivity index (χ2n) is 5.32. The van der Waals surface area contributed by atoms with Crippen LogP contribution in [0.1, 0.15) is 30.9 Å². The Labute approximate surface area is 138 Å². The van der Waals surface area contributed by atoms with E-state index in [1.165, 1.54) is 11.6 Å². The maximum absolute atomic E-state index is 13.6. The van der Waals surface area contributed by atoms with E-state index in [0.29, 0.717) is 17.2 Å². The van der Waals surface area contributed by atoms with Gasteiger partial charge in [0.1, 0.15) is 5.82 Å². The molecule has 0 aliphatic rings. The van der Waals surface area contributed by atoms with Crippen molar-refractivity contribution >= 4 is 27.6 Å². The topological polar surface area (TPSA) is 41.1 Å². The summed E-state index contributed by atoms with van der Waals surface area (Å²) in [5, 5.41) is 5.37. The molecule has 2 aromatic rings. The third kappa shape index (κ3) is 4.56. The van der Waals surface area contributed by atoms with Crippen molar-refractivity contribution in [3.05, 3.63) is 63.9 Å². The second kappa shape index (κ2) is 7.40. The molecule has 0 aliphatic carbocycles. The summed E-state index contributed by atoms with van der Waals surface area (Å²) in [6.45, 7) is 4.35. The molecule has 0 heterocycles. The quantitative estimate of drug-likeness (QED) is 0.784. The zero-order chi connectivity index (χ0) is 16.1. The summed E-state index contributed by atoms with van der Waals surface area (Å²) in [5.74, 6) is 0.104. The molecule has 0 aliphatic heterocycles. The van der Waals surface area contributed by atoms with E-state index in [1.807, 2.05) is 24.3 Å². The van der Waals surface area contributed by atoms with E-state index >= 15 is 0 Å². The van der Waals surface area contributed by atoms with Crippen LogP contribution in [0.3, 0.4) is 0 Å². The highest BCUT2D eigenvalue weighted by Crippen LogP contribution is 2.17. The standard InChI is InChI=1S/C17H18BrFN2O/c1-11(2)12-3-6-15(7-4-12)21-17(22)20-10-13-9-14(18)5-8-16(13)19/h3-9,11H,10H2,1-2H3,(H2,20,21,22). The lowest BCUT2D eigenvalue weighted by molar-refractivity contribution is 0.251. The molecule has 0 unspecified atom stereocenters. The minimum absolute atomic E-state index is 0.126. The van der Waals surface area contributed by atoms with Crippen molar-refractivity contribution in [1.29, 1.82) is 0 Å². The molecule has 0 radical (unpaired) electrons. The largest absolute Gasteiger partial charge is 0.334 e. The van der Waals surface area contributed by atoms with Crippen molar-refractivity contribution in [2.24, 2.45) is 0 Å². The number of amides is 2. The minimum Gasteiger partial charge on any atom is -0.334 e. The molecule has 5 heteroatoms. The number of benzene rings is 2. The number of carbonyl (C=O) groups is 1. The summed E-state index contributed by atoms with van der Waals surface area (Å²) >= 11 is 3.28. The first-order valence-electron chi connectivity index (χ1n) is 7.04. The Morgan fingerprint density at radius 3 is 2.50 bits per heavy atom. The molecule has 0 aromatic heterocycles. The van der Waals surface area contributed by atoms with Crippen LogP contribution in [0.5, 0.6) is 0 Å². The number of anilines is 1. The Kier molecular flexibility index (Phi) is 5.55. The lowest BCUT2D eigenvalue weighted by atomic mass is 10.0. The second-order valence-corrected chi connectivity index (χ2v) is 6.24. The maximum Gasteiger partial charge on any atom is 0.319 e. The summed E-state index contributed by atoms with van der Waals surface area (Å²) in [6, 6.07) is 11.9. The smallest absolute Gasteiger partial charge is 0.319 e. The molecule has 22 heavy (non-hydrogen) atoms. The van der Waals surface area contributed by atoms with Crippen LogP contribution in [0.15, 0.2) is 46.9 Å². The molecule has 2 N–H and O–H groups in total. The van der Waals surface area contributed by atoms with Gasteiger partial charge >= 0.3 is 6.03 Å². The number of nitrogens with one attached hydrogen (secondary N) is 2. The summed E-state index contributed by atoms with van der Waals surface area (Å²) in [6.07, 6.45) is 0. The van der Waals surface area contributed by atoms with E-state index in [2.05, 4.69) is 40.4 Å². The van der Waals surface area contributed by atoms with Crippen LogP contribution in [-0.4, -0.2) is 6.03 Å². The highest BCUT2D eigenvalue weighted by Gasteiger charge is 2.06. The number of hydrogen-bond donors (Lipinski definition) is 2. The molecule has 0 fully saturated rings. The van der Waals surface area contributed by atoms with Gasteiger partial charge in [-0.25, -0.2) is 9.18 Å². The number of urea groups is 1. The Balaban J connectivity index is 1.91. The van der Waals surface area contributed by atoms with E-state index in [1.54, 1.807) is 12.1 Å². The zero-order valence-corrected chi connectivity index (χ0v) is 14.1. The molecule has 0 saturated heterocycles. The molecule has 0 saturated carbocycles. The molecule has 0 spiro atoms. The molecule has 116 valence electrons. The first-order valence-corrected chi connectivity index (χ1v) is 7.83. The van der Waals surface area contributed by atoms with Gasteiger partial charge in [-0.3, -0.25) is 0 Å². The third-order valence-electron chi connectivity index (χ3n) is 3.28. The molecule has 0 bridgehead atoms. The van der Waals surface area contributed by atoms with E-state index in [-0.39, 0.29) is 18.4 Å². The predicted octanol–water partition coefficient (Wildman–Crippen LogP) is 5.03. The van der Waals surface area contributed by atoms with Gasteiger partial charge in [-0.15, -0.1) is 0 Å². The van der Waals surface area contributed by atoms with Crippen LogP contribution in [0, 0.1) is 5.82 Å². The minimum atomic E-state index is -0.364. The van der Waals surface area contributed by atoms with E-state index in [9.17, 15) is 9.18 Å². The van der Waals surface area contributed by atoms with Crippen LogP contribution >= 0.6 is 15.9 Å². The molecule has 2 rings (SSSR count). The van der Waals surface area contributed by atoms with Crippen LogP contribution in [0.2, 0.25) is 0 Å². The van der Waals surface area contributed by atoms with Crippen LogP contribution in [0.4, 0.5) is 14.9 Å².